The summed E-state index contributed by atoms with van der Waals surface area (Å²) >= 11 is 0. The second-order valence-electron chi connectivity index (χ2n) is 6.35. The third-order valence-corrected chi connectivity index (χ3v) is 4.83. The van der Waals surface area contributed by atoms with E-state index in [4.69, 9.17) is 9.47 Å². The minimum Gasteiger partial charge on any atom is -0.378 e. The Kier molecular flexibility index (Phi) is 4.94. The fourth-order valence-corrected chi connectivity index (χ4v) is 3.74. The van der Waals surface area contributed by atoms with Gasteiger partial charge in [-0.15, -0.1) is 0 Å². The highest BCUT2D eigenvalue weighted by molar-refractivity contribution is 5.31. The smallest absolute Gasteiger partial charge is 0.0842 e. The molecule has 0 aliphatic carbocycles. The van der Waals surface area contributed by atoms with Crippen molar-refractivity contribution in [2.45, 2.75) is 51.4 Å². The molecule has 0 amide bonds. The molecule has 4 unspecified atom stereocenters. The Morgan fingerprint density at radius 2 is 2.14 bits per heavy atom. The van der Waals surface area contributed by atoms with Crippen LogP contribution < -0.4 is 5.32 Å². The van der Waals surface area contributed by atoms with E-state index in [2.05, 4.69) is 43.4 Å². The van der Waals surface area contributed by atoms with Gasteiger partial charge in [0.25, 0.3) is 0 Å². The molecule has 0 aromatic heterocycles. The number of hydrogen-bond acceptors (Lipinski definition) is 3. The van der Waals surface area contributed by atoms with Crippen molar-refractivity contribution in [2.24, 2.45) is 5.92 Å². The number of benzene rings is 1. The van der Waals surface area contributed by atoms with Gasteiger partial charge in [0.15, 0.2) is 0 Å². The topological polar surface area (TPSA) is 30.5 Å². The zero-order valence-corrected chi connectivity index (χ0v) is 13.2. The molecule has 1 saturated heterocycles. The van der Waals surface area contributed by atoms with Gasteiger partial charge < -0.3 is 14.8 Å². The van der Waals surface area contributed by atoms with Crippen LogP contribution >= 0.6 is 0 Å². The quantitative estimate of drug-likeness (QED) is 0.903. The predicted molar refractivity (Wildman–Crippen MR) is 84.4 cm³/mol. The van der Waals surface area contributed by atoms with Crippen LogP contribution in [-0.4, -0.2) is 31.9 Å². The summed E-state index contributed by atoms with van der Waals surface area (Å²) in [4.78, 5) is 0. The molecule has 1 fully saturated rings. The van der Waals surface area contributed by atoms with Crippen molar-refractivity contribution in [1.29, 1.82) is 0 Å². The molecule has 4 atom stereocenters. The van der Waals surface area contributed by atoms with E-state index >= 15 is 0 Å². The van der Waals surface area contributed by atoms with Gasteiger partial charge in [-0.25, -0.2) is 0 Å². The monoisotopic (exact) mass is 289 g/mol. The largest absolute Gasteiger partial charge is 0.378 e. The third-order valence-electron chi connectivity index (χ3n) is 4.83. The lowest BCUT2D eigenvalue weighted by molar-refractivity contribution is 0.0236. The molecule has 1 aromatic rings. The molecule has 0 radical (unpaired) electrons. The van der Waals surface area contributed by atoms with Crippen molar-refractivity contribution in [1.82, 2.24) is 5.32 Å². The molecule has 0 spiro atoms. The standard InChI is InChI=1S/C18H27NO2/c1-3-19-17(15-10-13(2)21-12-15)11-18-16-7-5-4-6-14(16)8-9-20-18/h4-7,13,15,17-19H,3,8-12H2,1-2H3. The van der Waals surface area contributed by atoms with Crippen LogP contribution in [0.1, 0.15) is 43.9 Å². The molecule has 116 valence electrons. The van der Waals surface area contributed by atoms with Crippen molar-refractivity contribution in [3.05, 3.63) is 35.4 Å². The molecule has 21 heavy (non-hydrogen) atoms. The summed E-state index contributed by atoms with van der Waals surface area (Å²) in [5.74, 6) is 0.609. The van der Waals surface area contributed by atoms with Crippen LogP contribution in [0.15, 0.2) is 24.3 Å². The number of fused-ring (bicyclic) bond motifs is 1. The normalized spacial score (nSPS) is 30.1. The fourth-order valence-electron chi connectivity index (χ4n) is 3.74. The van der Waals surface area contributed by atoms with Crippen LogP contribution in [0.2, 0.25) is 0 Å². The van der Waals surface area contributed by atoms with Crippen LogP contribution in [-0.2, 0) is 15.9 Å². The molecule has 3 rings (SSSR count). The van der Waals surface area contributed by atoms with Crippen molar-refractivity contribution in [2.75, 3.05) is 19.8 Å². The van der Waals surface area contributed by atoms with E-state index in [0.717, 1.165) is 39.0 Å². The average Bonchev–Trinajstić information content (AvgIpc) is 2.94. The molecular formula is C18H27NO2. The summed E-state index contributed by atoms with van der Waals surface area (Å²) < 4.78 is 11.9. The van der Waals surface area contributed by atoms with Gasteiger partial charge in [-0.05, 0) is 43.9 Å². The Morgan fingerprint density at radius 1 is 1.29 bits per heavy atom. The Hall–Kier alpha value is -0.900. The van der Waals surface area contributed by atoms with E-state index in [1.807, 2.05) is 0 Å². The van der Waals surface area contributed by atoms with Crippen LogP contribution in [0.4, 0.5) is 0 Å². The summed E-state index contributed by atoms with van der Waals surface area (Å²) in [6.45, 7) is 7.09. The first kappa shape index (κ1) is 15.0. The van der Waals surface area contributed by atoms with E-state index in [0.29, 0.717) is 18.1 Å². The van der Waals surface area contributed by atoms with Crippen LogP contribution in [0.3, 0.4) is 0 Å². The number of ether oxygens (including phenoxy) is 2. The predicted octanol–water partition coefficient (Wildman–Crippen LogP) is 3.09. The van der Waals surface area contributed by atoms with Crippen LogP contribution in [0.5, 0.6) is 0 Å². The van der Waals surface area contributed by atoms with Crippen LogP contribution in [0, 0.1) is 5.92 Å². The Morgan fingerprint density at radius 3 is 2.90 bits per heavy atom. The van der Waals surface area contributed by atoms with E-state index in [-0.39, 0.29) is 6.10 Å². The summed E-state index contributed by atoms with van der Waals surface area (Å²) in [6.07, 6.45) is 3.88. The molecule has 1 aromatic carbocycles. The van der Waals surface area contributed by atoms with Crippen LogP contribution in [0.25, 0.3) is 0 Å². The van der Waals surface area contributed by atoms with E-state index in [9.17, 15) is 0 Å². The molecule has 3 nitrogen and oxygen atoms in total. The van der Waals surface area contributed by atoms with Gasteiger partial charge in [-0.2, -0.15) is 0 Å². The fraction of sp³-hybridized carbons (Fsp3) is 0.667. The maximum absolute atomic E-state index is 6.09. The minimum absolute atomic E-state index is 0.231. The van der Waals surface area contributed by atoms with E-state index in [1.165, 1.54) is 11.1 Å². The summed E-state index contributed by atoms with van der Waals surface area (Å²) in [5.41, 5.74) is 2.85. The minimum atomic E-state index is 0.231. The van der Waals surface area contributed by atoms with E-state index < -0.39 is 0 Å². The zero-order valence-electron chi connectivity index (χ0n) is 13.2. The summed E-state index contributed by atoms with van der Waals surface area (Å²) in [6, 6.07) is 9.22. The number of rotatable bonds is 5. The lowest BCUT2D eigenvalue weighted by Gasteiger charge is -2.32. The highest BCUT2D eigenvalue weighted by atomic mass is 16.5. The third kappa shape index (κ3) is 3.47. The van der Waals surface area contributed by atoms with Crippen molar-refractivity contribution >= 4 is 0 Å². The summed E-state index contributed by atoms with van der Waals surface area (Å²) in [5, 5.41) is 3.66. The molecule has 2 aliphatic rings. The second kappa shape index (κ2) is 6.91. The molecule has 1 N–H and O–H groups in total. The first-order valence-electron chi connectivity index (χ1n) is 8.32. The highest BCUT2D eigenvalue weighted by Gasteiger charge is 2.32. The summed E-state index contributed by atoms with van der Waals surface area (Å²) in [7, 11) is 0. The lowest BCUT2D eigenvalue weighted by Crippen LogP contribution is -2.39. The van der Waals surface area contributed by atoms with Crippen molar-refractivity contribution in [3.8, 4) is 0 Å². The van der Waals surface area contributed by atoms with Gasteiger partial charge >= 0.3 is 0 Å². The second-order valence-corrected chi connectivity index (χ2v) is 6.35. The van der Waals surface area contributed by atoms with Gasteiger partial charge in [0, 0.05) is 12.0 Å². The van der Waals surface area contributed by atoms with Gasteiger partial charge in [-0.3, -0.25) is 0 Å². The Bertz CT molecular complexity index is 462. The Balaban J connectivity index is 1.71. The maximum Gasteiger partial charge on any atom is 0.0842 e. The van der Waals surface area contributed by atoms with Gasteiger partial charge in [-0.1, -0.05) is 31.2 Å². The average molecular weight is 289 g/mol. The highest BCUT2D eigenvalue weighted by Crippen LogP contribution is 2.34. The molecule has 2 aliphatic heterocycles. The van der Waals surface area contributed by atoms with Gasteiger partial charge in [0.1, 0.15) is 0 Å². The lowest BCUT2D eigenvalue weighted by atomic mass is 9.87. The maximum atomic E-state index is 6.09. The Labute approximate surface area is 128 Å². The molecule has 0 bridgehead atoms. The van der Waals surface area contributed by atoms with Crippen molar-refractivity contribution in [3.63, 3.8) is 0 Å². The zero-order chi connectivity index (χ0) is 14.7. The molecule has 2 heterocycles. The number of nitrogens with one attached hydrogen (secondary N) is 1. The molecule has 0 saturated carbocycles. The van der Waals surface area contributed by atoms with Gasteiger partial charge in [0.05, 0.1) is 25.4 Å². The first-order valence-corrected chi connectivity index (χ1v) is 8.32. The number of hydrogen-bond donors (Lipinski definition) is 1. The van der Waals surface area contributed by atoms with Crippen molar-refractivity contribution < 1.29 is 9.47 Å². The molecule has 3 heteroatoms. The van der Waals surface area contributed by atoms with E-state index in [1.54, 1.807) is 0 Å². The first-order chi connectivity index (χ1) is 10.3. The van der Waals surface area contributed by atoms with Gasteiger partial charge in [0.2, 0.25) is 0 Å². The molecular weight excluding hydrogens is 262 g/mol. The SMILES string of the molecule is CCNC(CC1OCCc2ccccc21)C1COC(C)C1.